The number of aromatic nitrogens is 4. The average Bonchev–Trinajstić information content (AvgIpc) is 2.95. The molecule has 3 heterocycles. The van der Waals surface area contributed by atoms with Crippen molar-refractivity contribution in [3.8, 4) is 34.5 Å². The standard InChI is InChI=1S/C29H28N6O2.ClH/c1-20(23-10-12-31-13-11-23)37-26-17-32-29(33-18-26)25-7-3-5-22(15-25)19-35-28(36)9-8-27(34-35)24-6-2-4-21(14-24)16-30;/h2-9,14-15,17-18,20,23,31H,10-13,19H2,1H3;1H. The van der Waals surface area contributed by atoms with Gasteiger partial charge in [-0.05, 0) is 68.6 Å². The first-order valence-electron chi connectivity index (χ1n) is 12.5. The fourth-order valence-electron chi connectivity index (χ4n) is 4.60. The Kier molecular flexibility index (Phi) is 8.85. The molecule has 1 fully saturated rings. The number of nitrogens with zero attached hydrogens (tertiary/aromatic N) is 5. The number of halogens is 1. The molecule has 0 radical (unpaired) electrons. The lowest BCUT2D eigenvalue weighted by atomic mass is 9.93. The molecule has 0 amide bonds. The summed E-state index contributed by atoms with van der Waals surface area (Å²) in [5.74, 6) is 1.79. The molecule has 1 aliphatic heterocycles. The highest BCUT2D eigenvalue weighted by atomic mass is 35.5. The SMILES string of the molecule is CC(Oc1cnc(-c2cccc(Cn3nc(-c4cccc(C#N)c4)ccc3=O)c2)nc1)C1CCNCC1.Cl. The third-order valence-electron chi connectivity index (χ3n) is 6.67. The second kappa shape index (κ2) is 12.5. The predicted molar refractivity (Wildman–Crippen MR) is 148 cm³/mol. The van der Waals surface area contributed by atoms with Gasteiger partial charge in [-0.25, -0.2) is 14.6 Å². The van der Waals surface area contributed by atoms with Crippen molar-refractivity contribution >= 4 is 12.4 Å². The van der Waals surface area contributed by atoms with Gasteiger partial charge in [0, 0.05) is 17.2 Å². The van der Waals surface area contributed by atoms with Crippen molar-refractivity contribution in [3.63, 3.8) is 0 Å². The number of rotatable bonds is 7. The van der Waals surface area contributed by atoms with E-state index in [4.69, 9.17) is 4.74 Å². The molecule has 1 saturated heterocycles. The smallest absolute Gasteiger partial charge is 0.267 e. The average molecular weight is 529 g/mol. The first-order chi connectivity index (χ1) is 18.1. The lowest BCUT2D eigenvalue weighted by molar-refractivity contribution is 0.127. The van der Waals surface area contributed by atoms with Crippen LogP contribution in [0.3, 0.4) is 0 Å². The van der Waals surface area contributed by atoms with Crippen molar-refractivity contribution in [2.24, 2.45) is 5.92 Å². The van der Waals surface area contributed by atoms with Crippen molar-refractivity contribution in [1.29, 1.82) is 5.26 Å². The van der Waals surface area contributed by atoms with Gasteiger partial charge < -0.3 is 10.1 Å². The topological polar surface area (TPSA) is 106 Å². The Hall–Kier alpha value is -4.06. The maximum atomic E-state index is 12.5. The van der Waals surface area contributed by atoms with E-state index < -0.39 is 0 Å². The van der Waals surface area contributed by atoms with E-state index in [9.17, 15) is 10.1 Å². The highest BCUT2D eigenvalue weighted by Gasteiger charge is 2.21. The molecule has 0 spiro atoms. The van der Waals surface area contributed by atoms with Crippen LogP contribution in [0, 0.1) is 17.2 Å². The molecule has 194 valence electrons. The van der Waals surface area contributed by atoms with Gasteiger partial charge in [-0.2, -0.15) is 10.4 Å². The molecule has 2 aromatic carbocycles. The van der Waals surface area contributed by atoms with Gasteiger partial charge in [0.2, 0.25) is 0 Å². The number of ether oxygens (including phenoxy) is 1. The van der Waals surface area contributed by atoms with E-state index in [0.29, 0.717) is 35.3 Å². The van der Waals surface area contributed by atoms with E-state index >= 15 is 0 Å². The lowest BCUT2D eigenvalue weighted by Gasteiger charge is -2.28. The second-order valence-corrected chi connectivity index (χ2v) is 9.26. The zero-order valence-electron chi connectivity index (χ0n) is 21.1. The van der Waals surface area contributed by atoms with Crippen LogP contribution < -0.4 is 15.6 Å². The maximum absolute atomic E-state index is 12.5. The molecule has 0 bridgehead atoms. The number of hydrogen-bond donors (Lipinski definition) is 1. The fourth-order valence-corrected chi connectivity index (χ4v) is 4.60. The molecule has 4 aromatic rings. The van der Waals surface area contributed by atoms with Gasteiger partial charge >= 0.3 is 0 Å². The molecular formula is C29H29ClN6O2. The van der Waals surface area contributed by atoms with Crippen molar-refractivity contribution in [2.75, 3.05) is 13.1 Å². The van der Waals surface area contributed by atoms with Crippen LogP contribution in [0.1, 0.15) is 30.9 Å². The second-order valence-electron chi connectivity index (χ2n) is 9.26. The van der Waals surface area contributed by atoms with E-state index in [2.05, 4.69) is 33.4 Å². The molecule has 1 N–H and O–H groups in total. The first kappa shape index (κ1) is 27.0. The summed E-state index contributed by atoms with van der Waals surface area (Å²) in [6.07, 6.45) is 5.78. The van der Waals surface area contributed by atoms with E-state index in [1.54, 1.807) is 36.7 Å². The normalized spacial score (nSPS) is 14.2. The first-order valence-corrected chi connectivity index (χ1v) is 12.5. The Balaban J connectivity index is 0.00000336. The Morgan fingerprint density at radius 3 is 2.55 bits per heavy atom. The van der Waals surface area contributed by atoms with Crippen LogP contribution in [-0.4, -0.2) is 38.9 Å². The minimum Gasteiger partial charge on any atom is -0.487 e. The molecule has 2 aromatic heterocycles. The van der Waals surface area contributed by atoms with Crippen LogP contribution >= 0.6 is 12.4 Å². The van der Waals surface area contributed by atoms with E-state index in [1.807, 2.05) is 30.3 Å². The molecule has 38 heavy (non-hydrogen) atoms. The summed E-state index contributed by atoms with van der Waals surface area (Å²) in [6, 6.07) is 20.2. The van der Waals surface area contributed by atoms with Crippen LogP contribution in [0.25, 0.3) is 22.6 Å². The lowest BCUT2D eigenvalue weighted by Crippen LogP contribution is -2.35. The summed E-state index contributed by atoms with van der Waals surface area (Å²) in [5.41, 5.74) is 3.50. The summed E-state index contributed by atoms with van der Waals surface area (Å²) in [4.78, 5) is 21.6. The highest BCUT2D eigenvalue weighted by Crippen LogP contribution is 2.23. The Bertz CT molecular complexity index is 1480. The van der Waals surface area contributed by atoms with Gasteiger partial charge in [0.25, 0.3) is 5.56 Å². The Labute approximate surface area is 227 Å². The van der Waals surface area contributed by atoms with Crippen molar-refractivity contribution in [3.05, 3.63) is 94.5 Å². The number of nitrogens with one attached hydrogen (secondary N) is 1. The van der Waals surface area contributed by atoms with E-state index in [-0.39, 0.29) is 24.1 Å². The zero-order valence-corrected chi connectivity index (χ0v) is 21.9. The van der Waals surface area contributed by atoms with Gasteiger partial charge in [0.1, 0.15) is 0 Å². The van der Waals surface area contributed by atoms with Gasteiger partial charge in [0.15, 0.2) is 11.6 Å². The molecule has 1 aliphatic rings. The molecular weight excluding hydrogens is 500 g/mol. The van der Waals surface area contributed by atoms with E-state index in [1.165, 1.54) is 10.7 Å². The van der Waals surface area contributed by atoms with Crippen LogP contribution in [0.2, 0.25) is 0 Å². The van der Waals surface area contributed by atoms with Crippen LogP contribution in [0.4, 0.5) is 0 Å². The van der Waals surface area contributed by atoms with Gasteiger partial charge in [-0.1, -0.05) is 30.3 Å². The summed E-state index contributed by atoms with van der Waals surface area (Å²) in [5, 5.41) is 17.1. The predicted octanol–water partition coefficient (Wildman–Crippen LogP) is 4.48. The quantitative estimate of drug-likeness (QED) is 0.377. The molecule has 5 rings (SSSR count). The van der Waals surface area contributed by atoms with Gasteiger partial charge in [-0.3, -0.25) is 4.79 Å². The van der Waals surface area contributed by atoms with Crippen molar-refractivity contribution < 1.29 is 4.74 Å². The molecule has 0 aliphatic carbocycles. The van der Waals surface area contributed by atoms with Crippen LogP contribution in [0.5, 0.6) is 5.75 Å². The third-order valence-corrected chi connectivity index (χ3v) is 6.67. The molecule has 9 heteroatoms. The highest BCUT2D eigenvalue weighted by molar-refractivity contribution is 5.85. The number of piperidine rings is 1. The zero-order chi connectivity index (χ0) is 25.6. The summed E-state index contributed by atoms with van der Waals surface area (Å²) < 4.78 is 7.53. The van der Waals surface area contributed by atoms with Crippen molar-refractivity contribution in [1.82, 2.24) is 25.1 Å². The molecule has 1 atom stereocenters. The van der Waals surface area contributed by atoms with Gasteiger partial charge in [-0.15, -0.1) is 12.4 Å². The van der Waals surface area contributed by atoms with Crippen LogP contribution in [-0.2, 0) is 6.54 Å². The van der Waals surface area contributed by atoms with Gasteiger partial charge in [0.05, 0.1) is 42.4 Å². The summed E-state index contributed by atoms with van der Waals surface area (Å²) >= 11 is 0. The largest absolute Gasteiger partial charge is 0.487 e. The van der Waals surface area contributed by atoms with E-state index in [0.717, 1.165) is 42.6 Å². The minimum atomic E-state index is -0.203. The number of hydrogen-bond acceptors (Lipinski definition) is 7. The fraction of sp³-hybridized carbons (Fsp3) is 0.276. The number of benzene rings is 2. The Morgan fingerprint density at radius 2 is 1.79 bits per heavy atom. The van der Waals surface area contributed by atoms with Crippen molar-refractivity contribution in [2.45, 2.75) is 32.4 Å². The summed E-state index contributed by atoms with van der Waals surface area (Å²) in [6.45, 7) is 4.47. The summed E-state index contributed by atoms with van der Waals surface area (Å²) in [7, 11) is 0. The maximum Gasteiger partial charge on any atom is 0.267 e. The molecule has 1 unspecified atom stereocenters. The third kappa shape index (κ3) is 6.43. The Morgan fingerprint density at radius 1 is 1.05 bits per heavy atom. The minimum absolute atomic E-state index is 0. The van der Waals surface area contributed by atoms with Crippen LogP contribution in [0.15, 0.2) is 77.9 Å². The monoisotopic (exact) mass is 528 g/mol. The number of nitriles is 1. The molecule has 0 saturated carbocycles. The molecule has 8 nitrogen and oxygen atoms in total.